The highest BCUT2D eigenvalue weighted by molar-refractivity contribution is 5.97. The molecule has 2 N–H and O–H groups in total. The minimum absolute atomic E-state index is 0.0960. The normalized spacial score (nSPS) is 16.7. The van der Waals surface area contributed by atoms with Crippen molar-refractivity contribution in [3.05, 3.63) is 33.9 Å². The molecule has 1 heterocycles. The maximum Gasteiger partial charge on any atom is 0.293 e. The van der Waals surface area contributed by atoms with Crippen molar-refractivity contribution < 1.29 is 19.2 Å². The van der Waals surface area contributed by atoms with Gasteiger partial charge in [0.25, 0.3) is 11.6 Å². The summed E-state index contributed by atoms with van der Waals surface area (Å²) < 4.78 is 4.82. The van der Waals surface area contributed by atoms with Gasteiger partial charge in [-0.2, -0.15) is 0 Å². The molecule has 9 heteroatoms. The summed E-state index contributed by atoms with van der Waals surface area (Å²) in [4.78, 5) is 36.9. The number of hydrogen-bond acceptors (Lipinski definition) is 6. The van der Waals surface area contributed by atoms with Crippen LogP contribution in [0.4, 0.5) is 11.4 Å². The Hall–Kier alpha value is -2.68. The molecule has 0 bridgehead atoms. The van der Waals surface area contributed by atoms with Crippen LogP contribution in [0, 0.1) is 16.0 Å². The molecule has 27 heavy (non-hydrogen) atoms. The maximum absolute atomic E-state index is 12.2. The summed E-state index contributed by atoms with van der Waals surface area (Å²) in [7, 11) is 1.52. The van der Waals surface area contributed by atoms with Gasteiger partial charge in [-0.25, -0.2) is 0 Å². The van der Waals surface area contributed by atoms with Gasteiger partial charge in [-0.1, -0.05) is 6.92 Å². The van der Waals surface area contributed by atoms with E-state index in [4.69, 9.17) is 4.74 Å². The molecule has 1 aliphatic heterocycles. The number of ether oxygens (including phenoxy) is 1. The van der Waals surface area contributed by atoms with Gasteiger partial charge >= 0.3 is 0 Å². The van der Waals surface area contributed by atoms with Crippen molar-refractivity contribution in [2.45, 2.75) is 19.8 Å². The highest BCUT2D eigenvalue weighted by Gasteiger charge is 2.25. The number of anilines is 1. The van der Waals surface area contributed by atoms with Gasteiger partial charge in [0.15, 0.2) is 0 Å². The number of nitrogens with one attached hydrogen (secondary N) is 2. The SMILES string of the molecule is COCCNC(=O)CNC(=O)c1ccc(N2CCCC(C)C2)c([N+](=O)[O-])c1. The zero-order chi connectivity index (χ0) is 19.8. The van der Waals surface area contributed by atoms with E-state index in [1.54, 1.807) is 12.1 Å². The molecule has 148 valence electrons. The first-order chi connectivity index (χ1) is 12.9. The van der Waals surface area contributed by atoms with Crippen molar-refractivity contribution in [3.63, 3.8) is 0 Å². The van der Waals surface area contributed by atoms with Gasteiger partial charge in [-0.3, -0.25) is 19.7 Å². The lowest BCUT2D eigenvalue weighted by molar-refractivity contribution is -0.384. The molecular weight excluding hydrogens is 352 g/mol. The van der Waals surface area contributed by atoms with Gasteiger partial charge < -0.3 is 20.3 Å². The van der Waals surface area contributed by atoms with Gasteiger partial charge in [0.1, 0.15) is 5.69 Å². The maximum atomic E-state index is 12.2. The Bertz CT molecular complexity index is 694. The Balaban J connectivity index is 2.05. The molecule has 1 aromatic carbocycles. The number of benzene rings is 1. The van der Waals surface area contributed by atoms with E-state index in [-0.39, 0.29) is 23.7 Å². The minimum Gasteiger partial charge on any atom is -0.383 e. The first kappa shape index (κ1) is 20.6. The van der Waals surface area contributed by atoms with Gasteiger partial charge in [0.2, 0.25) is 5.91 Å². The molecule has 0 aromatic heterocycles. The Labute approximate surface area is 158 Å². The summed E-state index contributed by atoms with van der Waals surface area (Å²) in [5.74, 6) is -0.412. The van der Waals surface area contributed by atoms with Crippen LogP contribution in [0.3, 0.4) is 0 Å². The summed E-state index contributed by atoms with van der Waals surface area (Å²) in [6.45, 7) is 4.16. The Morgan fingerprint density at radius 1 is 1.37 bits per heavy atom. The van der Waals surface area contributed by atoms with E-state index in [2.05, 4.69) is 17.6 Å². The minimum atomic E-state index is -0.529. The molecule has 1 aliphatic rings. The quantitative estimate of drug-likeness (QED) is 0.401. The van der Waals surface area contributed by atoms with Crippen LogP contribution in [-0.4, -0.2) is 56.6 Å². The molecular formula is C18H26N4O5. The van der Waals surface area contributed by atoms with Crippen LogP contribution in [0.25, 0.3) is 0 Å². The molecule has 1 atom stereocenters. The third kappa shape index (κ3) is 5.92. The lowest BCUT2D eigenvalue weighted by Gasteiger charge is -2.32. The Morgan fingerprint density at radius 3 is 2.81 bits per heavy atom. The summed E-state index contributed by atoms with van der Waals surface area (Å²) in [6.07, 6.45) is 2.09. The van der Waals surface area contributed by atoms with E-state index in [9.17, 15) is 19.7 Å². The molecule has 9 nitrogen and oxygen atoms in total. The van der Waals surface area contributed by atoms with Crippen LogP contribution in [0.5, 0.6) is 0 Å². The first-order valence-electron chi connectivity index (χ1n) is 8.99. The summed E-state index contributed by atoms with van der Waals surface area (Å²) in [5.41, 5.74) is 0.585. The number of hydrogen-bond donors (Lipinski definition) is 2. The smallest absolute Gasteiger partial charge is 0.293 e. The number of nitro groups is 1. The summed E-state index contributed by atoms with van der Waals surface area (Å²) in [5, 5.41) is 16.6. The molecule has 0 spiro atoms. The topological polar surface area (TPSA) is 114 Å². The molecule has 2 rings (SSSR count). The predicted molar refractivity (Wildman–Crippen MR) is 101 cm³/mol. The van der Waals surface area contributed by atoms with Crippen molar-refractivity contribution in [1.29, 1.82) is 0 Å². The lowest BCUT2D eigenvalue weighted by Crippen LogP contribution is -2.38. The van der Waals surface area contributed by atoms with Gasteiger partial charge in [-0.05, 0) is 30.9 Å². The molecule has 1 unspecified atom stereocenters. The Kier molecular flexibility index (Phi) is 7.54. The van der Waals surface area contributed by atoms with Crippen molar-refractivity contribution in [1.82, 2.24) is 10.6 Å². The molecule has 0 radical (unpaired) electrons. The van der Waals surface area contributed by atoms with Crippen molar-refractivity contribution in [2.24, 2.45) is 5.92 Å². The molecule has 1 aromatic rings. The highest BCUT2D eigenvalue weighted by Crippen LogP contribution is 2.32. The molecule has 1 saturated heterocycles. The third-order valence-electron chi connectivity index (χ3n) is 4.47. The van der Waals surface area contributed by atoms with E-state index in [0.29, 0.717) is 24.8 Å². The van der Waals surface area contributed by atoms with Crippen LogP contribution >= 0.6 is 0 Å². The van der Waals surface area contributed by atoms with E-state index >= 15 is 0 Å². The zero-order valence-corrected chi connectivity index (χ0v) is 15.7. The standard InChI is InChI=1S/C18H26N4O5/c1-13-4-3-8-21(12-13)15-6-5-14(10-16(15)22(25)26)18(24)20-11-17(23)19-7-9-27-2/h5-6,10,13H,3-4,7-9,11-12H2,1-2H3,(H,19,23)(H,20,24). The van der Waals surface area contributed by atoms with Gasteiger partial charge in [-0.15, -0.1) is 0 Å². The van der Waals surface area contributed by atoms with Crippen LogP contribution in [0.2, 0.25) is 0 Å². The van der Waals surface area contributed by atoms with Crippen molar-refractivity contribution in [3.8, 4) is 0 Å². The van der Waals surface area contributed by atoms with Crippen molar-refractivity contribution >= 4 is 23.2 Å². The second kappa shape index (κ2) is 9.86. The highest BCUT2D eigenvalue weighted by atomic mass is 16.6. The molecule has 0 saturated carbocycles. The Morgan fingerprint density at radius 2 is 2.15 bits per heavy atom. The fraction of sp³-hybridized carbons (Fsp3) is 0.556. The number of carbonyl (C=O) groups is 2. The van der Waals surface area contributed by atoms with E-state index in [1.807, 2.05) is 4.90 Å². The second-order valence-electron chi connectivity index (χ2n) is 6.68. The van der Waals surface area contributed by atoms with E-state index in [0.717, 1.165) is 25.9 Å². The average Bonchev–Trinajstić information content (AvgIpc) is 2.65. The van der Waals surface area contributed by atoms with Crippen LogP contribution in [0.1, 0.15) is 30.1 Å². The van der Waals surface area contributed by atoms with E-state index < -0.39 is 10.8 Å². The predicted octanol–water partition coefficient (Wildman–Crippen LogP) is 1.32. The summed E-state index contributed by atoms with van der Waals surface area (Å²) >= 11 is 0. The van der Waals surface area contributed by atoms with Crippen LogP contribution < -0.4 is 15.5 Å². The number of amides is 2. The van der Waals surface area contributed by atoms with Crippen molar-refractivity contribution in [2.75, 3.05) is 44.8 Å². The fourth-order valence-electron chi connectivity index (χ4n) is 3.10. The van der Waals surface area contributed by atoms with Crippen LogP contribution in [0.15, 0.2) is 18.2 Å². The fourth-order valence-corrected chi connectivity index (χ4v) is 3.10. The number of rotatable bonds is 8. The average molecular weight is 378 g/mol. The molecule has 0 aliphatic carbocycles. The van der Waals surface area contributed by atoms with E-state index in [1.165, 1.54) is 13.2 Å². The second-order valence-corrected chi connectivity index (χ2v) is 6.68. The van der Waals surface area contributed by atoms with Gasteiger partial charge in [0, 0.05) is 38.4 Å². The lowest BCUT2D eigenvalue weighted by atomic mass is 9.99. The zero-order valence-electron chi connectivity index (χ0n) is 15.7. The summed E-state index contributed by atoms with van der Waals surface area (Å²) in [6, 6.07) is 4.44. The number of nitro benzene ring substituents is 1. The molecule has 1 fully saturated rings. The number of nitrogens with zero attached hydrogens (tertiary/aromatic N) is 2. The number of methoxy groups -OCH3 is 1. The first-order valence-corrected chi connectivity index (χ1v) is 8.99. The third-order valence-corrected chi connectivity index (χ3v) is 4.47. The largest absolute Gasteiger partial charge is 0.383 e. The van der Waals surface area contributed by atoms with Crippen LogP contribution in [-0.2, 0) is 9.53 Å². The van der Waals surface area contributed by atoms with Gasteiger partial charge in [0.05, 0.1) is 18.1 Å². The number of carbonyl (C=O) groups excluding carboxylic acids is 2. The monoisotopic (exact) mass is 378 g/mol. The number of piperidine rings is 1. The molecule has 2 amide bonds.